The molecule has 0 aromatic carbocycles. The van der Waals surface area contributed by atoms with E-state index in [2.05, 4.69) is 10.6 Å². The molecule has 1 heterocycles. The summed E-state index contributed by atoms with van der Waals surface area (Å²) < 4.78 is 31.7. The van der Waals surface area contributed by atoms with Gasteiger partial charge in [0.05, 0.1) is 12.7 Å². The first kappa shape index (κ1) is 25.8. The van der Waals surface area contributed by atoms with Crippen molar-refractivity contribution in [3.63, 3.8) is 0 Å². The van der Waals surface area contributed by atoms with Crippen LogP contribution < -0.4 is 10.6 Å². The summed E-state index contributed by atoms with van der Waals surface area (Å²) in [5.74, 6) is -4.01. The topological polar surface area (TPSA) is 156 Å². The molecule has 0 unspecified atom stereocenters. The second-order valence-electron chi connectivity index (χ2n) is 6.19. The van der Waals surface area contributed by atoms with Gasteiger partial charge in [0.2, 0.25) is 5.91 Å². The standard InChI is InChI=1S/C14H24N2O5.C2HF3O2/c1-3-4-9-5-12(14(20)21)16-13(9)11(15-8(2)18)6-10(19)7-17;3-2(4,5)1(6)7/h3-4,9-13,16-17,19H,5-7H2,1-2H3,(H,15,18)(H,20,21);(H,6,7)/b4-3-;/t9-,10-,11+,12-,13-;/m1./s1. The molecule has 9 nitrogen and oxygen atoms in total. The molecule has 0 bridgehead atoms. The first-order valence-electron chi connectivity index (χ1n) is 8.31. The first-order valence-corrected chi connectivity index (χ1v) is 8.31. The van der Waals surface area contributed by atoms with E-state index in [1.54, 1.807) is 0 Å². The molecule has 1 aliphatic rings. The Morgan fingerprint density at radius 1 is 1.29 bits per heavy atom. The molecule has 0 radical (unpaired) electrons. The maximum atomic E-state index is 11.3. The number of hydrogen-bond acceptors (Lipinski definition) is 6. The number of carboxylic acid groups (broad SMARTS) is 2. The predicted octanol–water partition coefficient (Wildman–Crippen LogP) is -0.125. The van der Waals surface area contributed by atoms with E-state index < -0.39 is 42.9 Å². The van der Waals surface area contributed by atoms with Crippen LogP contribution in [0.15, 0.2) is 12.2 Å². The largest absolute Gasteiger partial charge is 0.490 e. The number of allylic oxidation sites excluding steroid dienone is 1. The second kappa shape index (κ2) is 11.6. The normalized spacial score (nSPS) is 24.2. The number of rotatable bonds is 7. The quantitative estimate of drug-likeness (QED) is 0.315. The SMILES string of the molecule is C/C=C\[C@@H]1C[C@H](C(=O)O)N[C@H]1[C@H](C[C@@H](O)CO)NC(C)=O.O=C(O)C(F)(F)F. The number of aliphatic carboxylic acids is 2. The highest BCUT2D eigenvalue weighted by Gasteiger charge is 2.41. The summed E-state index contributed by atoms with van der Waals surface area (Å²) in [6.07, 6.45) is -1.71. The summed E-state index contributed by atoms with van der Waals surface area (Å²) in [7, 11) is 0. The number of nitrogens with one attached hydrogen (secondary N) is 2. The van der Waals surface area contributed by atoms with Gasteiger partial charge >= 0.3 is 18.1 Å². The van der Waals surface area contributed by atoms with Crippen molar-refractivity contribution in [3.05, 3.63) is 12.2 Å². The van der Waals surface area contributed by atoms with Crippen LogP contribution in [0.25, 0.3) is 0 Å². The molecule has 0 saturated carbocycles. The fourth-order valence-corrected chi connectivity index (χ4v) is 2.80. The van der Waals surface area contributed by atoms with Crippen molar-refractivity contribution in [3.8, 4) is 0 Å². The number of aliphatic hydroxyl groups is 2. The van der Waals surface area contributed by atoms with Crippen LogP contribution in [-0.4, -0.2) is 75.3 Å². The zero-order chi connectivity index (χ0) is 22.1. The lowest BCUT2D eigenvalue weighted by Gasteiger charge is -2.29. The van der Waals surface area contributed by atoms with Crippen LogP contribution in [0, 0.1) is 5.92 Å². The van der Waals surface area contributed by atoms with Gasteiger partial charge in [-0.05, 0) is 25.7 Å². The van der Waals surface area contributed by atoms with Crippen molar-refractivity contribution < 1.29 is 48.0 Å². The molecule has 0 spiro atoms. The van der Waals surface area contributed by atoms with Gasteiger partial charge in [0.25, 0.3) is 0 Å². The molecule has 1 amide bonds. The smallest absolute Gasteiger partial charge is 0.480 e. The minimum atomic E-state index is -5.08. The van der Waals surface area contributed by atoms with Crippen LogP contribution >= 0.6 is 0 Å². The summed E-state index contributed by atoms with van der Waals surface area (Å²) in [6, 6.07) is -1.43. The number of aliphatic hydroxyl groups excluding tert-OH is 2. The third kappa shape index (κ3) is 9.15. The zero-order valence-electron chi connectivity index (χ0n) is 15.3. The van der Waals surface area contributed by atoms with E-state index in [0.717, 1.165) is 0 Å². The Kier molecular flexibility index (Phi) is 10.7. The van der Waals surface area contributed by atoms with Crippen molar-refractivity contribution in [1.82, 2.24) is 10.6 Å². The fourth-order valence-electron chi connectivity index (χ4n) is 2.80. The summed E-state index contributed by atoms with van der Waals surface area (Å²) in [4.78, 5) is 31.4. The molecule has 162 valence electrons. The van der Waals surface area contributed by atoms with Gasteiger partial charge in [-0.1, -0.05) is 12.2 Å². The zero-order valence-corrected chi connectivity index (χ0v) is 15.3. The van der Waals surface area contributed by atoms with Crippen molar-refractivity contribution in [2.75, 3.05) is 6.61 Å². The molecule has 1 rings (SSSR count). The maximum absolute atomic E-state index is 11.3. The van der Waals surface area contributed by atoms with Gasteiger partial charge in [-0.25, -0.2) is 4.79 Å². The highest BCUT2D eigenvalue weighted by atomic mass is 19.4. The van der Waals surface area contributed by atoms with Crippen molar-refractivity contribution in [1.29, 1.82) is 0 Å². The van der Waals surface area contributed by atoms with Gasteiger partial charge in [-0.3, -0.25) is 14.9 Å². The summed E-state index contributed by atoms with van der Waals surface area (Å²) in [6.45, 7) is 2.81. The van der Waals surface area contributed by atoms with E-state index in [1.165, 1.54) is 6.92 Å². The van der Waals surface area contributed by atoms with Gasteiger partial charge in [-0.2, -0.15) is 13.2 Å². The Labute approximate surface area is 159 Å². The van der Waals surface area contributed by atoms with Crippen LogP contribution in [-0.2, 0) is 14.4 Å². The molecule has 0 aromatic heterocycles. The minimum Gasteiger partial charge on any atom is -0.480 e. The molecule has 0 aliphatic carbocycles. The average molecular weight is 414 g/mol. The number of alkyl halides is 3. The molecule has 0 aromatic rings. The second-order valence-corrected chi connectivity index (χ2v) is 6.19. The molecule has 12 heteroatoms. The molecular weight excluding hydrogens is 389 g/mol. The van der Waals surface area contributed by atoms with Crippen LogP contribution in [0.5, 0.6) is 0 Å². The van der Waals surface area contributed by atoms with Gasteiger partial charge in [0.1, 0.15) is 6.04 Å². The van der Waals surface area contributed by atoms with Gasteiger partial charge in [0.15, 0.2) is 0 Å². The third-order valence-corrected chi connectivity index (χ3v) is 3.90. The number of hydrogen-bond donors (Lipinski definition) is 6. The van der Waals surface area contributed by atoms with E-state index in [4.69, 9.17) is 20.1 Å². The van der Waals surface area contributed by atoms with E-state index in [0.29, 0.717) is 6.42 Å². The summed E-state index contributed by atoms with van der Waals surface area (Å²) >= 11 is 0. The van der Waals surface area contributed by atoms with Gasteiger partial charge < -0.3 is 25.7 Å². The molecule has 1 aliphatic heterocycles. The number of amides is 1. The molecule has 1 fully saturated rings. The number of carbonyl (C=O) groups excluding carboxylic acids is 1. The van der Waals surface area contributed by atoms with Crippen LogP contribution in [0.3, 0.4) is 0 Å². The minimum absolute atomic E-state index is 0.0566. The van der Waals surface area contributed by atoms with Gasteiger partial charge in [-0.15, -0.1) is 0 Å². The number of halogens is 3. The molecule has 1 saturated heterocycles. The summed E-state index contributed by atoms with van der Waals surface area (Å²) in [5.41, 5.74) is 0. The Bertz CT molecular complexity index is 569. The van der Waals surface area contributed by atoms with E-state index in [1.807, 2.05) is 19.1 Å². The van der Waals surface area contributed by atoms with E-state index >= 15 is 0 Å². The molecule has 5 atom stereocenters. The lowest BCUT2D eigenvalue weighted by molar-refractivity contribution is -0.192. The fraction of sp³-hybridized carbons (Fsp3) is 0.688. The monoisotopic (exact) mass is 414 g/mol. The highest BCUT2D eigenvalue weighted by Crippen LogP contribution is 2.26. The van der Waals surface area contributed by atoms with Crippen molar-refractivity contribution in [2.45, 2.75) is 57.1 Å². The Balaban J connectivity index is 0.000000887. The van der Waals surface area contributed by atoms with E-state index in [9.17, 15) is 27.9 Å². The first-order chi connectivity index (χ1) is 12.8. The molecular formula is C16H25F3N2O7. The third-order valence-electron chi connectivity index (χ3n) is 3.90. The Morgan fingerprint density at radius 2 is 1.82 bits per heavy atom. The summed E-state index contributed by atoms with van der Waals surface area (Å²) in [5, 5.41) is 40.6. The Hall–Kier alpha value is -2.18. The average Bonchev–Trinajstić information content (AvgIpc) is 2.98. The van der Waals surface area contributed by atoms with Crippen molar-refractivity contribution >= 4 is 17.8 Å². The number of carboxylic acids is 2. The molecule has 28 heavy (non-hydrogen) atoms. The van der Waals surface area contributed by atoms with Gasteiger partial charge in [0, 0.05) is 19.0 Å². The lowest BCUT2D eigenvalue weighted by atomic mass is 9.90. The lowest BCUT2D eigenvalue weighted by Crippen LogP contribution is -2.52. The number of carbonyl (C=O) groups is 3. The maximum Gasteiger partial charge on any atom is 0.490 e. The van der Waals surface area contributed by atoms with Crippen LogP contribution in [0.1, 0.15) is 26.7 Å². The van der Waals surface area contributed by atoms with E-state index in [-0.39, 0.29) is 24.3 Å². The van der Waals surface area contributed by atoms with Crippen LogP contribution in [0.2, 0.25) is 0 Å². The predicted molar refractivity (Wildman–Crippen MR) is 90.3 cm³/mol. The van der Waals surface area contributed by atoms with Crippen molar-refractivity contribution in [2.24, 2.45) is 5.92 Å². The Morgan fingerprint density at radius 3 is 2.18 bits per heavy atom. The van der Waals surface area contributed by atoms with Crippen LogP contribution in [0.4, 0.5) is 13.2 Å². The highest BCUT2D eigenvalue weighted by molar-refractivity contribution is 5.75. The molecule has 6 N–H and O–H groups in total.